The zero-order valence-corrected chi connectivity index (χ0v) is 14.5. The van der Waals surface area contributed by atoms with Gasteiger partial charge >= 0.3 is 5.97 Å². The molecule has 0 aliphatic heterocycles. The molecule has 0 fully saturated rings. The van der Waals surface area contributed by atoms with E-state index in [-0.39, 0.29) is 6.61 Å². The molecule has 1 heterocycles. The Bertz CT molecular complexity index is 873. The van der Waals surface area contributed by atoms with Crippen molar-refractivity contribution in [2.45, 2.75) is 32.0 Å². The molecule has 0 amide bonds. The summed E-state index contributed by atoms with van der Waals surface area (Å²) in [4.78, 5) is 16.7. The third-order valence-corrected chi connectivity index (χ3v) is 4.52. The maximum absolute atomic E-state index is 12.1. The molecule has 5 nitrogen and oxygen atoms in total. The van der Waals surface area contributed by atoms with Crippen LogP contribution in [-0.2, 0) is 28.8 Å². The lowest BCUT2D eigenvalue weighted by atomic mass is 9.89. The van der Waals surface area contributed by atoms with Gasteiger partial charge < -0.3 is 14.4 Å². The van der Waals surface area contributed by atoms with Crippen LogP contribution in [0.3, 0.4) is 0 Å². The van der Waals surface area contributed by atoms with Crippen molar-refractivity contribution in [3.05, 3.63) is 66.0 Å². The van der Waals surface area contributed by atoms with Gasteiger partial charge in [-0.2, -0.15) is 0 Å². The van der Waals surface area contributed by atoms with E-state index in [2.05, 4.69) is 4.98 Å². The fourth-order valence-electron chi connectivity index (χ4n) is 3.16. The average molecular weight is 338 g/mol. The number of nitrogens with zero attached hydrogens (tertiary/aromatic N) is 2. The summed E-state index contributed by atoms with van der Waals surface area (Å²) in [6.07, 6.45) is 1.10. The van der Waals surface area contributed by atoms with Crippen molar-refractivity contribution in [3.63, 3.8) is 0 Å². The van der Waals surface area contributed by atoms with Crippen molar-refractivity contribution in [2.24, 2.45) is 7.05 Å². The molecule has 0 spiro atoms. The van der Waals surface area contributed by atoms with Gasteiger partial charge in [0.05, 0.1) is 11.0 Å². The quantitative estimate of drug-likeness (QED) is 0.710. The number of carboxylic acids is 1. The van der Waals surface area contributed by atoms with Gasteiger partial charge in [0.1, 0.15) is 12.4 Å². The van der Waals surface area contributed by atoms with Crippen LogP contribution >= 0.6 is 0 Å². The summed E-state index contributed by atoms with van der Waals surface area (Å²) in [7, 11) is 1.92. The highest BCUT2D eigenvalue weighted by molar-refractivity contribution is 5.79. The van der Waals surface area contributed by atoms with Crippen LogP contribution in [0.15, 0.2) is 54.6 Å². The Morgan fingerprint density at radius 2 is 1.84 bits per heavy atom. The second-order valence-electron chi connectivity index (χ2n) is 6.11. The molecule has 1 N–H and O–H groups in total. The number of aryl methyl sites for hydroxylation is 1. The lowest BCUT2D eigenvalue weighted by Gasteiger charge is -2.29. The lowest BCUT2D eigenvalue weighted by Crippen LogP contribution is -2.38. The molecule has 2 aromatic carbocycles. The molecule has 0 bridgehead atoms. The highest BCUT2D eigenvalue weighted by Gasteiger charge is 2.41. The third kappa shape index (κ3) is 3.15. The number of hydrogen-bond donors (Lipinski definition) is 1. The molecule has 1 unspecified atom stereocenters. The minimum atomic E-state index is -1.37. The second-order valence-corrected chi connectivity index (χ2v) is 6.11. The van der Waals surface area contributed by atoms with E-state index in [4.69, 9.17) is 4.74 Å². The summed E-state index contributed by atoms with van der Waals surface area (Å²) in [6, 6.07) is 17.0. The number of ether oxygens (including phenoxy) is 1. The molecule has 0 saturated heterocycles. The SMILES string of the molecule is CCCC(OCc1nc2ccccc2n1C)(C(=O)O)c1ccccc1. The first kappa shape index (κ1) is 17.2. The maximum Gasteiger partial charge on any atom is 0.340 e. The molecular formula is C20H22N2O3. The van der Waals surface area contributed by atoms with E-state index in [9.17, 15) is 9.90 Å². The molecule has 0 radical (unpaired) electrons. The number of aromatic nitrogens is 2. The average Bonchev–Trinajstić information content (AvgIpc) is 2.95. The summed E-state index contributed by atoms with van der Waals surface area (Å²) < 4.78 is 7.97. The Kier molecular flexibility index (Phi) is 4.86. The van der Waals surface area contributed by atoms with E-state index in [1.807, 2.05) is 61.0 Å². The summed E-state index contributed by atoms with van der Waals surface area (Å²) in [5.41, 5.74) is 1.16. The maximum atomic E-state index is 12.1. The second kappa shape index (κ2) is 7.07. The number of hydrogen-bond acceptors (Lipinski definition) is 3. The summed E-state index contributed by atoms with van der Waals surface area (Å²) in [5, 5.41) is 9.94. The van der Waals surface area contributed by atoms with E-state index in [1.165, 1.54) is 0 Å². The fourth-order valence-corrected chi connectivity index (χ4v) is 3.16. The van der Waals surface area contributed by atoms with Crippen LogP contribution < -0.4 is 0 Å². The van der Waals surface area contributed by atoms with Crippen molar-refractivity contribution in [3.8, 4) is 0 Å². The van der Waals surface area contributed by atoms with Gasteiger partial charge in [-0.25, -0.2) is 9.78 Å². The first-order chi connectivity index (χ1) is 12.1. The predicted octanol–water partition coefficient (Wildman–Crippen LogP) is 3.87. The molecular weight excluding hydrogens is 316 g/mol. The number of carboxylic acid groups (broad SMARTS) is 1. The van der Waals surface area contributed by atoms with E-state index < -0.39 is 11.6 Å². The summed E-state index contributed by atoms with van der Waals surface area (Å²) in [5.74, 6) is -0.266. The number of fused-ring (bicyclic) bond motifs is 1. The van der Waals surface area contributed by atoms with E-state index in [0.717, 1.165) is 11.0 Å². The monoisotopic (exact) mass is 338 g/mol. The van der Waals surface area contributed by atoms with Crippen LogP contribution in [0.2, 0.25) is 0 Å². The van der Waals surface area contributed by atoms with E-state index >= 15 is 0 Å². The van der Waals surface area contributed by atoms with Gasteiger partial charge in [-0.05, 0) is 24.1 Å². The smallest absolute Gasteiger partial charge is 0.340 e. The number of rotatable bonds is 7. The molecule has 5 heteroatoms. The molecule has 0 aliphatic carbocycles. The van der Waals surface area contributed by atoms with E-state index in [0.29, 0.717) is 24.2 Å². The van der Waals surface area contributed by atoms with Crippen molar-refractivity contribution >= 4 is 17.0 Å². The van der Waals surface area contributed by atoms with Crippen LogP contribution in [0, 0.1) is 0 Å². The summed E-state index contributed by atoms with van der Waals surface area (Å²) in [6.45, 7) is 2.09. The van der Waals surface area contributed by atoms with Gasteiger partial charge in [-0.15, -0.1) is 0 Å². The van der Waals surface area contributed by atoms with Crippen molar-refractivity contribution in [1.82, 2.24) is 9.55 Å². The van der Waals surface area contributed by atoms with Crippen LogP contribution in [-0.4, -0.2) is 20.6 Å². The molecule has 0 aliphatic rings. The molecule has 3 aromatic rings. The first-order valence-electron chi connectivity index (χ1n) is 8.41. The molecule has 3 rings (SSSR count). The van der Waals surface area contributed by atoms with Crippen LogP contribution in [0.1, 0.15) is 31.2 Å². The zero-order chi connectivity index (χ0) is 17.9. The highest BCUT2D eigenvalue weighted by Crippen LogP contribution is 2.32. The topological polar surface area (TPSA) is 64.4 Å². The Morgan fingerprint density at radius 3 is 2.48 bits per heavy atom. The zero-order valence-electron chi connectivity index (χ0n) is 14.5. The normalized spacial score (nSPS) is 13.7. The Hall–Kier alpha value is -2.66. The van der Waals surface area contributed by atoms with Crippen molar-refractivity contribution < 1.29 is 14.6 Å². The predicted molar refractivity (Wildman–Crippen MR) is 96.2 cm³/mol. The van der Waals surface area contributed by atoms with Crippen molar-refractivity contribution in [1.29, 1.82) is 0 Å². The number of para-hydroxylation sites is 2. The van der Waals surface area contributed by atoms with Crippen LogP contribution in [0.25, 0.3) is 11.0 Å². The van der Waals surface area contributed by atoms with Gasteiger partial charge in [0, 0.05) is 7.05 Å². The molecule has 130 valence electrons. The third-order valence-electron chi connectivity index (χ3n) is 4.52. The standard InChI is InChI=1S/C20H22N2O3/c1-3-13-20(19(23)24,15-9-5-4-6-10-15)25-14-18-21-16-11-7-8-12-17(16)22(18)2/h4-12H,3,13-14H2,1-2H3,(H,23,24). The molecule has 0 saturated carbocycles. The number of carbonyl (C=O) groups is 1. The minimum absolute atomic E-state index is 0.131. The van der Waals surface area contributed by atoms with Gasteiger partial charge in [-0.1, -0.05) is 55.8 Å². The number of imidazole rings is 1. The lowest BCUT2D eigenvalue weighted by molar-refractivity contribution is -0.172. The number of benzene rings is 2. The molecule has 25 heavy (non-hydrogen) atoms. The van der Waals surface area contributed by atoms with Crippen LogP contribution in [0.4, 0.5) is 0 Å². The minimum Gasteiger partial charge on any atom is -0.479 e. The molecule has 1 aromatic heterocycles. The van der Waals surface area contributed by atoms with Crippen molar-refractivity contribution in [2.75, 3.05) is 0 Å². The fraction of sp³-hybridized carbons (Fsp3) is 0.300. The Morgan fingerprint density at radius 1 is 1.16 bits per heavy atom. The van der Waals surface area contributed by atoms with E-state index in [1.54, 1.807) is 12.1 Å². The highest BCUT2D eigenvalue weighted by atomic mass is 16.5. The first-order valence-corrected chi connectivity index (χ1v) is 8.41. The van der Waals surface area contributed by atoms with Gasteiger partial charge in [0.2, 0.25) is 0 Å². The van der Waals surface area contributed by atoms with Gasteiger partial charge in [0.25, 0.3) is 0 Å². The number of aliphatic carboxylic acids is 1. The Balaban J connectivity index is 1.95. The largest absolute Gasteiger partial charge is 0.479 e. The van der Waals surface area contributed by atoms with Crippen LogP contribution in [0.5, 0.6) is 0 Å². The molecule has 1 atom stereocenters. The summed E-state index contributed by atoms with van der Waals surface area (Å²) >= 11 is 0. The van der Waals surface area contributed by atoms with Gasteiger partial charge in [-0.3, -0.25) is 0 Å². The van der Waals surface area contributed by atoms with Gasteiger partial charge in [0.15, 0.2) is 5.60 Å². The Labute approximate surface area is 146 Å².